The zero-order chi connectivity index (χ0) is 30.4. The van der Waals surface area contributed by atoms with Gasteiger partial charge in [-0.15, -0.1) is 15.0 Å². The number of carboxylic acids is 1. The number of aliphatic hydroxyl groups excluding tert-OH is 3. The highest BCUT2D eigenvalue weighted by atomic mass is 16.6. The van der Waals surface area contributed by atoms with Crippen LogP contribution in [0.3, 0.4) is 0 Å². The molecule has 0 spiro atoms. The number of carboxylic acid groups (broad SMARTS) is 1. The van der Waals surface area contributed by atoms with Crippen LogP contribution >= 0.6 is 0 Å². The summed E-state index contributed by atoms with van der Waals surface area (Å²) in [5.41, 5.74) is 7.31. The van der Waals surface area contributed by atoms with Gasteiger partial charge in [0.1, 0.15) is 29.7 Å². The van der Waals surface area contributed by atoms with Crippen LogP contribution in [0.2, 0.25) is 0 Å². The van der Waals surface area contributed by atoms with Crippen LogP contribution in [0.15, 0.2) is 54.6 Å². The molecule has 3 aromatic heterocycles. The molecule has 4 N–H and O–H groups in total. The van der Waals surface area contributed by atoms with Gasteiger partial charge in [0.25, 0.3) is 0 Å². The van der Waals surface area contributed by atoms with Gasteiger partial charge in [-0.2, -0.15) is 0 Å². The Bertz CT molecular complexity index is 1800. The molecule has 2 aromatic carbocycles. The third kappa shape index (κ3) is 5.16. The number of imidazole rings is 1. The Morgan fingerprint density at radius 2 is 1.67 bits per heavy atom. The minimum atomic E-state index is -1.82. The molecule has 5 atom stereocenters. The van der Waals surface area contributed by atoms with E-state index in [1.165, 1.54) is 0 Å². The second kappa shape index (κ2) is 11.3. The predicted octanol–water partition coefficient (Wildman–Crippen LogP) is 2.04. The Hall–Kier alpha value is -4.56. The van der Waals surface area contributed by atoms with Crippen LogP contribution in [0.25, 0.3) is 33.7 Å². The third-order valence-electron chi connectivity index (χ3n) is 7.68. The van der Waals surface area contributed by atoms with Gasteiger partial charge >= 0.3 is 5.97 Å². The first-order valence-corrected chi connectivity index (χ1v) is 13.9. The molecule has 1 aliphatic heterocycles. The van der Waals surface area contributed by atoms with Gasteiger partial charge < -0.3 is 29.7 Å². The number of pyridine rings is 1. The quantitative estimate of drug-likeness (QED) is 0.219. The Balaban J connectivity index is 1.28. The number of tetrazole rings is 1. The molecule has 13 heteroatoms. The number of benzene rings is 2. The second-order valence-electron chi connectivity index (χ2n) is 10.7. The molecule has 5 aromatic rings. The Morgan fingerprint density at radius 1 is 0.953 bits per heavy atom. The molecule has 0 amide bonds. The Labute approximate surface area is 246 Å². The highest BCUT2D eigenvalue weighted by molar-refractivity contribution is 5.80. The predicted molar refractivity (Wildman–Crippen MR) is 154 cm³/mol. The van der Waals surface area contributed by atoms with E-state index in [9.17, 15) is 25.2 Å². The van der Waals surface area contributed by atoms with Gasteiger partial charge in [-0.1, -0.05) is 55.5 Å². The number of aliphatic carboxylic acids is 1. The van der Waals surface area contributed by atoms with Crippen molar-refractivity contribution < 1.29 is 30.0 Å². The molecule has 4 heterocycles. The van der Waals surface area contributed by atoms with Crippen molar-refractivity contribution >= 4 is 17.1 Å². The van der Waals surface area contributed by atoms with Gasteiger partial charge in [0.15, 0.2) is 11.8 Å². The lowest BCUT2D eigenvalue weighted by Crippen LogP contribution is -2.58. The Kier molecular flexibility index (Phi) is 7.48. The van der Waals surface area contributed by atoms with Gasteiger partial charge in [0.2, 0.25) is 12.1 Å². The van der Waals surface area contributed by atoms with E-state index >= 15 is 0 Å². The van der Waals surface area contributed by atoms with E-state index in [2.05, 4.69) is 46.0 Å². The number of ether oxygens (including phenoxy) is 1. The number of aliphatic hydroxyl groups is 3. The van der Waals surface area contributed by atoms with Crippen LogP contribution in [0.1, 0.15) is 35.8 Å². The summed E-state index contributed by atoms with van der Waals surface area (Å²) in [6.45, 7) is 6.74. The normalized spacial score (nSPS) is 22.2. The van der Waals surface area contributed by atoms with Crippen molar-refractivity contribution in [3.63, 3.8) is 0 Å². The van der Waals surface area contributed by atoms with Crippen molar-refractivity contribution in [3.8, 4) is 22.5 Å². The van der Waals surface area contributed by atoms with E-state index < -0.39 is 36.6 Å². The lowest BCUT2D eigenvalue weighted by molar-refractivity contribution is -0.251. The van der Waals surface area contributed by atoms with Crippen molar-refractivity contribution in [2.45, 2.75) is 64.4 Å². The molecule has 1 saturated heterocycles. The third-order valence-corrected chi connectivity index (χ3v) is 7.68. The van der Waals surface area contributed by atoms with Crippen LogP contribution in [0, 0.1) is 13.8 Å². The van der Waals surface area contributed by atoms with Crippen LogP contribution in [0.4, 0.5) is 0 Å². The monoisotopic (exact) mass is 585 g/mol. The van der Waals surface area contributed by atoms with E-state index in [4.69, 9.17) is 14.7 Å². The number of carbonyl (C=O) groups is 1. The molecule has 6 rings (SSSR count). The van der Waals surface area contributed by atoms with Gasteiger partial charge in [0.05, 0.1) is 6.54 Å². The standard InChI is InChI=1S/C30H31N7O6/c1-4-21-32-22-15(2)13-16(3)31-28(22)36(21)14-17-9-11-18(12-10-17)19-7-5-6-8-20(19)27-33-35-37(34-27)29-25(40)23(38)24(39)26(43-29)30(41)42/h5-13,23-26,29,38-40H,4,14H2,1-3H3,(H,41,42)/t23-,24-,25+,26-,29+/m0/s1. The van der Waals surface area contributed by atoms with Gasteiger partial charge in [-0.05, 0) is 47.4 Å². The van der Waals surface area contributed by atoms with E-state index in [-0.39, 0.29) is 5.82 Å². The van der Waals surface area contributed by atoms with Crippen molar-refractivity contribution in [1.82, 2.24) is 34.7 Å². The molecule has 222 valence electrons. The van der Waals surface area contributed by atoms with E-state index in [1.807, 2.05) is 49.4 Å². The fraction of sp³-hybridized carbons (Fsp3) is 0.333. The van der Waals surface area contributed by atoms with Crippen molar-refractivity contribution in [2.24, 2.45) is 0 Å². The van der Waals surface area contributed by atoms with Crippen LogP contribution in [0.5, 0.6) is 0 Å². The summed E-state index contributed by atoms with van der Waals surface area (Å²) in [7, 11) is 0. The lowest BCUT2D eigenvalue weighted by Gasteiger charge is -2.37. The zero-order valence-corrected chi connectivity index (χ0v) is 23.7. The molecule has 1 aliphatic rings. The van der Waals surface area contributed by atoms with Crippen molar-refractivity contribution in [3.05, 3.63) is 77.2 Å². The van der Waals surface area contributed by atoms with Gasteiger partial charge in [0, 0.05) is 17.7 Å². The molecular formula is C30H31N7O6. The first-order valence-electron chi connectivity index (χ1n) is 13.9. The number of rotatable bonds is 7. The number of hydrogen-bond acceptors (Lipinski definition) is 10. The topological polar surface area (TPSA) is 182 Å². The lowest BCUT2D eigenvalue weighted by atomic mass is 9.98. The summed E-state index contributed by atoms with van der Waals surface area (Å²) in [5.74, 6) is -0.313. The first-order chi connectivity index (χ1) is 20.7. The summed E-state index contributed by atoms with van der Waals surface area (Å²) >= 11 is 0. The number of nitrogens with zero attached hydrogens (tertiary/aromatic N) is 7. The Morgan fingerprint density at radius 3 is 2.37 bits per heavy atom. The number of aryl methyl sites for hydroxylation is 3. The SMILES string of the molecule is CCc1nc2c(C)cc(C)nc2n1Cc1ccc(-c2ccccc2-c2nnn([C@@H]3O[C@H](C(=O)O)[C@@H](O)[C@H](O)[C@H]3O)n2)cc1. The van der Waals surface area contributed by atoms with E-state index in [0.717, 1.165) is 56.2 Å². The van der Waals surface area contributed by atoms with Gasteiger partial charge in [-0.25, -0.2) is 14.8 Å². The van der Waals surface area contributed by atoms with E-state index in [1.54, 1.807) is 0 Å². The van der Waals surface area contributed by atoms with Crippen molar-refractivity contribution in [1.29, 1.82) is 0 Å². The highest BCUT2D eigenvalue weighted by Gasteiger charge is 2.48. The second-order valence-corrected chi connectivity index (χ2v) is 10.7. The smallest absolute Gasteiger partial charge is 0.335 e. The minimum absolute atomic E-state index is 0.206. The summed E-state index contributed by atoms with van der Waals surface area (Å²) in [6, 6.07) is 17.6. The molecule has 0 bridgehead atoms. The molecule has 0 saturated carbocycles. The fourth-order valence-corrected chi connectivity index (χ4v) is 5.48. The minimum Gasteiger partial charge on any atom is -0.479 e. The van der Waals surface area contributed by atoms with Crippen LogP contribution < -0.4 is 0 Å². The summed E-state index contributed by atoms with van der Waals surface area (Å²) in [6.07, 6.45) is -7.74. The molecule has 0 radical (unpaired) electrons. The van der Waals surface area contributed by atoms with Gasteiger partial charge in [-0.3, -0.25) is 0 Å². The van der Waals surface area contributed by atoms with Crippen LogP contribution in [-0.2, 0) is 22.5 Å². The maximum Gasteiger partial charge on any atom is 0.335 e. The summed E-state index contributed by atoms with van der Waals surface area (Å²) in [5, 5.41) is 52.4. The van der Waals surface area contributed by atoms with Crippen molar-refractivity contribution in [2.75, 3.05) is 0 Å². The fourth-order valence-electron chi connectivity index (χ4n) is 5.48. The average Bonchev–Trinajstić information content (AvgIpc) is 3.62. The number of fused-ring (bicyclic) bond motifs is 1. The first kappa shape index (κ1) is 28.6. The average molecular weight is 586 g/mol. The molecule has 1 fully saturated rings. The maximum absolute atomic E-state index is 11.5. The number of hydrogen-bond donors (Lipinski definition) is 4. The van der Waals surface area contributed by atoms with Crippen LogP contribution in [-0.4, -0.2) is 85.6 Å². The molecule has 0 aliphatic carbocycles. The van der Waals surface area contributed by atoms with E-state index in [0.29, 0.717) is 12.1 Å². The molecule has 0 unspecified atom stereocenters. The summed E-state index contributed by atoms with van der Waals surface area (Å²) in [4.78, 5) is 22.0. The largest absolute Gasteiger partial charge is 0.479 e. The molecule has 43 heavy (non-hydrogen) atoms. The zero-order valence-electron chi connectivity index (χ0n) is 23.7. The molecule has 13 nitrogen and oxygen atoms in total. The number of aromatic nitrogens is 7. The highest BCUT2D eigenvalue weighted by Crippen LogP contribution is 2.32. The maximum atomic E-state index is 11.5. The molecular weight excluding hydrogens is 554 g/mol. The summed E-state index contributed by atoms with van der Waals surface area (Å²) < 4.78 is 7.49.